The van der Waals surface area contributed by atoms with Gasteiger partial charge in [-0.05, 0) is 25.7 Å². The van der Waals surface area contributed by atoms with Crippen molar-refractivity contribution in [1.82, 2.24) is 14.9 Å². The molecule has 28 heavy (non-hydrogen) atoms. The molecule has 160 valence electrons. The molecule has 0 unspecified atom stereocenters. The topological polar surface area (TPSA) is 92.4 Å². The van der Waals surface area contributed by atoms with Gasteiger partial charge in [0.05, 0.1) is 5.75 Å². The number of piperazine rings is 1. The Morgan fingerprint density at radius 3 is 2.25 bits per heavy atom. The Kier molecular flexibility index (Phi) is 7.95. The lowest BCUT2D eigenvalue weighted by atomic mass is 9.78. The molecule has 0 amide bonds. The van der Waals surface area contributed by atoms with Crippen LogP contribution in [0.3, 0.4) is 0 Å². The minimum atomic E-state index is -2.90. The molecule has 0 bridgehead atoms. The van der Waals surface area contributed by atoms with Crippen molar-refractivity contribution >= 4 is 40.5 Å². The molecule has 2 aliphatic carbocycles. The van der Waals surface area contributed by atoms with Gasteiger partial charge in [-0.1, -0.05) is 0 Å². The van der Waals surface area contributed by atoms with E-state index in [1.165, 1.54) is 19.1 Å². The van der Waals surface area contributed by atoms with Crippen LogP contribution in [-0.4, -0.2) is 74.1 Å². The van der Waals surface area contributed by atoms with Crippen LogP contribution in [0, 0.1) is 0 Å². The van der Waals surface area contributed by atoms with Crippen LogP contribution in [0.25, 0.3) is 0 Å². The molecule has 3 aliphatic rings. The van der Waals surface area contributed by atoms with Gasteiger partial charge in [0.1, 0.15) is 21.5 Å². The minimum Gasteiger partial charge on any atom is -0.354 e. The first-order valence-corrected chi connectivity index (χ1v) is 11.7. The third-order valence-electron chi connectivity index (χ3n) is 5.76. The fraction of sp³-hybridized carbons (Fsp3) is 0.778. The van der Waals surface area contributed by atoms with Crippen LogP contribution >= 0.6 is 24.8 Å². The molecule has 1 saturated heterocycles. The average molecular weight is 452 g/mol. The van der Waals surface area contributed by atoms with Gasteiger partial charge in [-0.2, -0.15) is 0 Å². The molecule has 7 nitrogen and oxygen atoms in total. The zero-order valence-corrected chi connectivity index (χ0v) is 18.7. The second-order valence-electron chi connectivity index (χ2n) is 8.17. The highest BCUT2D eigenvalue weighted by molar-refractivity contribution is 7.90. The SMILES string of the molecule is CS(=O)(=O)CCN1CCN(c2cc(C3CC(N)C3)nc(C3CC3)n2)CC1.Cl.Cl. The summed E-state index contributed by atoms with van der Waals surface area (Å²) in [5.74, 6) is 3.31. The van der Waals surface area contributed by atoms with Gasteiger partial charge in [0.15, 0.2) is 0 Å². The Morgan fingerprint density at radius 1 is 1.07 bits per heavy atom. The van der Waals surface area contributed by atoms with Crippen LogP contribution in [0.4, 0.5) is 5.82 Å². The molecule has 0 aromatic carbocycles. The largest absolute Gasteiger partial charge is 0.354 e. The molecule has 1 aromatic heterocycles. The van der Waals surface area contributed by atoms with Crippen molar-refractivity contribution in [2.75, 3.05) is 49.6 Å². The maximum atomic E-state index is 11.4. The van der Waals surface area contributed by atoms with Crippen LogP contribution in [0.1, 0.15) is 49.0 Å². The molecule has 3 fully saturated rings. The summed E-state index contributed by atoms with van der Waals surface area (Å²) in [5.41, 5.74) is 7.13. The number of rotatable bonds is 6. The molecule has 10 heteroatoms. The van der Waals surface area contributed by atoms with Crippen molar-refractivity contribution in [3.8, 4) is 0 Å². The first-order chi connectivity index (χ1) is 12.4. The summed E-state index contributed by atoms with van der Waals surface area (Å²) >= 11 is 0. The van der Waals surface area contributed by atoms with E-state index in [9.17, 15) is 8.42 Å². The van der Waals surface area contributed by atoms with Gasteiger partial charge in [-0.15, -0.1) is 24.8 Å². The van der Waals surface area contributed by atoms with Gasteiger partial charge in [0.2, 0.25) is 0 Å². The molecule has 0 radical (unpaired) electrons. The zero-order chi connectivity index (χ0) is 18.3. The van der Waals surface area contributed by atoms with Crippen LogP contribution in [0.2, 0.25) is 0 Å². The van der Waals surface area contributed by atoms with E-state index in [1.54, 1.807) is 0 Å². The number of sulfone groups is 1. The third kappa shape index (κ3) is 5.92. The summed E-state index contributed by atoms with van der Waals surface area (Å²) in [6.45, 7) is 4.14. The van der Waals surface area contributed by atoms with Crippen molar-refractivity contribution in [2.24, 2.45) is 5.73 Å². The maximum Gasteiger partial charge on any atom is 0.148 e. The van der Waals surface area contributed by atoms with Crippen molar-refractivity contribution in [3.05, 3.63) is 17.6 Å². The Morgan fingerprint density at radius 2 is 1.71 bits per heavy atom. The van der Waals surface area contributed by atoms with E-state index in [-0.39, 0.29) is 30.6 Å². The highest BCUT2D eigenvalue weighted by atomic mass is 35.5. The Labute approximate surface area is 180 Å². The Hall–Kier alpha value is -0.670. The number of nitrogens with two attached hydrogens (primary N) is 1. The van der Waals surface area contributed by atoms with Gasteiger partial charge in [-0.25, -0.2) is 18.4 Å². The lowest BCUT2D eigenvalue weighted by Gasteiger charge is -2.36. The predicted octanol–water partition coefficient (Wildman–Crippen LogP) is 1.57. The Bertz CT molecular complexity index is 761. The van der Waals surface area contributed by atoms with E-state index in [0.717, 1.165) is 56.4 Å². The molecule has 2 heterocycles. The number of hydrogen-bond acceptors (Lipinski definition) is 7. The fourth-order valence-electron chi connectivity index (χ4n) is 3.77. The number of anilines is 1. The quantitative estimate of drug-likeness (QED) is 0.701. The molecular formula is C18H31Cl2N5O2S. The van der Waals surface area contributed by atoms with Crippen LogP contribution in [0.5, 0.6) is 0 Å². The van der Waals surface area contributed by atoms with E-state index in [4.69, 9.17) is 15.7 Å². The summed E-state index contributed by atoms with van der Waals surface area (Å²) in [6, 6.07) is 2.48. The standard InChI is InChI=1S/C18H29N5O2S.2ClH/c1-26(24,25)9-8-22-4-6-23(7-5-22)17-12-16(14-10-15(19)11-14)20-18(21-17)13-2-3-13;;/h12-15H,2-11,19H2,1H3;2*1H. The monoisotopic (exact) mass is 451 g/mol. The second kappa shape index (κ2) is 9.43. The van der Waals surface area contributed by atoms with E-state index < -0.39 is 9.84 Å². The minimum absolute atomic E-state index is 0. The number of nitrogens with zero attached hydrogens (tertiary/aromatic N) is 4. The van der Waals surface area contributed by atoms with Crippen molar-refractivity contribution < 1.29 is 8.42 Å². The third-order valence-corrected chi connectivity index (χ3v) is 6.68. The summed E-state index contributed by atoms with van der Waals surface area (Å²) in [5, 5.41) is 0. The molecule has 0 atom stereocenters. The van der Waals surface area contributed by atoms with Gasteiger partial charge in [0.25, 0.3) is 0 Å². The number of hydrogen-bond donors (Lipinski definition) is 1. The molecule has 2 N–H and O–H groups in total. The highest BCUT2D eigenvalue weighted by Gasteiger charge is 2.33. The lowest BCUT2D eigenvalue weighted by Crippen LogP contribution is -2.48. The highest BCUT2D eigenvalue weighted by Crippen LogP contribution is 2.41. The van der Waals surface area contributed by atoms with Crippen molar-refractivity contribution in [2.45, 2.75) is 43.6 Å². The molecular weight excluding hydrogens is 421 g/mol. The van der Waals surface area contributed by atoms with Gasteiger partial charge < -0.3 is 10.6 Å². The summed E-state index contributed by atoms with van der Waals surface area (Å²) in [4.78, 5) is 14.3. The first-order valence-electron chi connectivity index (χ1n) is 9.67. The molecule has 0 spiro atoms. The smallest absolute Gasteiger partial charge is 0.148 e. The van der Waals surface area contributed by atoms with Gasteiger partial charge in [0, 0.05) is 68.6 Å². The molecule has 4 rings (SSSR count). The van der Waals surface area contributed by atoms with Gasteiger partial charge in [-0.3, -0.25) is 4.90 Å². The van der Waals surface area contributed by atoms with E-state index >= 15 is 0 Å². The lowest BCUT2D eigenvalue weighted by molar-refractivity contribution is 0.271. The number of aromatic nitrogens is 2. The average Bonchev–Trinajstić information content (AvgIpc) is 3.42. The number of halogens is 2. The maximum absolute atomic E-state index is 11.4. The predicted molar refractivity (Wildman–Crippen MR) is 117 cm³/mol. The summed E-state index contributed by atoms with van der Waals surface area (Å²) < 4.78 is 22.7. The zero-order valence-electron chi connectivity index (χ0n) is 16.3. The summed E-state index contributed by atoms with van der Waals surface area (Å²) in [7, 11) is -2.90. The fourth-order valence-corrected chi connectivity index (χ4v) is 4.36. The van der Waals surface area contributed by atoms with Gasteiger partial charge >= 0.3 is 0 Å². The summed E-state index contributed by atoms with van der Waals surface area (Å²) in [6.07, 6.45) is 5.76. The Balaban J connectivity index is 0.00000140. The van der Waals surface area contributed by atoms with Crippen molar-refractivity contribution in [1.29, 1.82) is 0 Å². The van der Waals surface area contributed by atoms with Crippen molar-refractivity contribution in [3.63, 3.8) is 0 Å². The normalized spacial score (nSPS) is 25.4. The van der Waals surface area contributed by atoms with Crippen LogP contribution < -0.4 is 10.6 Å². The molecule has 1 aromatic rings. The molecule has 1 aliphatic heterocycles. The molecule has 2 saturated carbocycles. The van der Waals surface area contributed by atoms with Crippen LogP contribution in [0.15, 0.2) is 6.07 Å². The van der Waals surface area contributed by atoms with E-state index in [0.29, 0.717) is 24.4 Å². The van der Waals surface area contributed by atoms with E-state index in [2.05, 4.69) is 15.9 Å². The second-order valence-corrected chi connectivity index (χ2v) is 10.4. The van der Waals surface area contributed by atoms with Crippen LogP contribution in [-0.2, 0) is 9.84 Å². The first kappa shape index (κ1) is 23.6. The van der Waals surface area contributed by atoms with E-state index in [1.807, 2.05) is 0 Å².